The van der Waals surface area contributed by atoms with Crippen molar-refractivity contribution in [2.24, 2.45) is 11.8 Å². The van der Waals surface area contributed by atoms with E-state index in [0.717, 1.165) is 25.4 Å². The number of hydrogen-bond donors (Lipinski definition) is 0. The fourth-order valence-corrected chi connectivity index (χ4v) is 4.51. The predicted octanol–water partition coefficient (Wildman–Crippen LogP) is 1.85. The van der Waals surface area contributed by atoms with Gasteiger partial charge in [-0.3, -0.25) is 0 Å². The summed E-state index contributed by atoms with van der Waals surface area (Å²) in [5, 5.41) is 0. The largest absolute Gasteiger partial charge is 0.214 e. The summed E-state index contributed by atoms with van der Waals surface area (Å²) < 4.78 is 25.0. The van der Waals surface area contributed by atoms with E-state index < -0.39 is 10.0 Å². The summed E-state index contributed by atoms with van der Waals surface area (Å²) >= 11 is 0. The molecule has 2 fully saturated rings. The average molecular weight is 231 g/mol. The Bertz CT molecular complexity index is 313. The minimum Gasteiger partial charge on any atom is -0.212 e. The van der Waals surface area contributed by atoms with Crippen LogP contribution in [0.1, 0.15) is 39.0 Å². The van der Waals surface area contributed by atoms with E-state index in [1.54, 1.807) is 4.31 Å². The Labute approximate surface area is 92.9 Å². The van der Waals surface area contributed by atoms with Gasteiger partial charge in [0, 0.05) is 13.1 Å². The second-order valence-electron chi connectivity index (χ2n) is 5.17. The second kappa shape index (κ2) is 4.42. The molecule has 0 spiro atoms. The molecule has 0 aromatic carbocycles. The molecule has 0 aromatic rings. The van der Waals surface area contributed by atoms with Gasteiger partial charge >= 0.3 is 0 Å². The average Bonchev–Trinajstić information content (AvgIpc) is 2.46. The summed E-state index contributed by atoms with van der Waals surface area (Å²) in [7, 11) is -2.87. The number of rotatable bonds is 2. The molecule has 2 unspecified atom stereocenters. The minimum absolute atomic E-state index is 0.370. The smallest absolute Gasteiger partial charge is 0.212 e. The summed E-state index contributed by atoms with van der Waals surface area (Å²) in [4.78, 5) is 0. The lowest BCUT2D eigenvalue weighted by Crippen LogP contribution is -2.33. The molecule has 0 radical (unpaired) electrons. The molecule has 0 amide bonds. The lowest BCUT2D eigenvalue weighted by atomic mass is 9.82. The maximum atomic E-state index is 11.6. The van der Waals surface area contributed by atoms with Gasteiger partial charge in [0.25, 0.3) is 0 Å². The highest BCUT2D eigenvalue weighted by molar-refractivity contribution is 7.89. The van der Waals surface area contributed by atoms with Crippen LogP contribution in [0.2, 0.25) is 0 Å². The lowest BCUT2D eigenvalue weighted by molar-refractivity contribution is 0.241. The first-order chi connectivity index (χ1) is 7.08. The monoisotopic (exact) mass is 231 g/mol. The molecule has 2 atom stereocenters. The molecule has 1 saturated heterocycles. The molecule has 0 aromatic heterocycles. The van der Waals surface area contributed by atoms with E-state index in [-0.39, 0.29) is 0 Å². The van der Waals surface area contributed by atoms with Gasteiger partial charge < -0.3 is 0 Å². The molecular weight excluding hydrogens is 210 g/mol. The molecular formula is C11H21NO2S. The van der Waals surface area contributed by atoms with Crippen molar-refractivity contribution in [1.29, 1.82) is 0 Å². The van der Waals surface area contributed by atoms with E-state index in [0.29, 0.717) is 11.7 Å². The van der Waals surface area contributed by atoms with Crippen molar-refractivity contribution < 1.29 is 8.42 Å². The number of hydrogen-bond acceptors (Lipinski definition) is 2. The zero-order valence-electron chi connectivity index (χ0n) is 9.48. The van der Waals surface area contributed by atoms with Gasteiger partial charge in [0.05, 0.1) is 5.75 Å². The Balaban J connectivity index is 1.91. The molecule has 0 bridgehead atoms. The number of nitrogens with zero attached hydrogens (tertiary/aromatic N) is 1. The third-order valence-electron chi connectivity index (χ3n) is 3.71. The maximum Gasteiger partial charge on any atom is 0.214 e. The molecule has 1 aliphatic carbocycles. The van der Waals surface area contributed by atoms with E-state index in [9.17, 15) is 8.42 Å². The van der Waals surface area contributed by atoms with Crippen LogP contribution < -0.4 is 0 Å². The standard InChI is InChI=1S/C11H21NO2S/c1-10-4-2-5-11(8-10)9-12-6-3-7-15(12,13)14/h10-11H,2-9H2,1H3. The van der Waals surface area contributed by atoms with Gasteiger partial charge in [-0.2, -0.15) is 0 Å². The fraction of sp³-hybridized carbons (Fsp3) is 1.00. The van der Waals surface area contributed by atoms with Crippen LogP contribution in [0.15, 0.2) is 0 Å². The van der Waals surface area contributed by atoms with E-state index in [1.165, 1.54) is 25.7 Å². The van der Waals surface area contributed by atoms with Gasteiger partial charge in [0.15, 0.2) is 0 Å². The normalized spacial score (nSPS) is 36.9. The van der Waals surface area contributed by atoms with Crippen LogP contribution >= 0.6 is 0 Å². The molecule has 3 nitrogen and oxygen atoms in total. The van der Waals surface area contributed by atoms with E-state index in [1.807, 2.05) is 0 Å². The summed E-state index contributed by atoms with van der Waals surface area (Å²) in [6.07, 6.45) is 5.86. The van der Waals surface area contributed by atoms with Crippen molar-refractivity contribution in [3.05, 3.63) is 0 Å². The highest BCUT2D eigenvalue weighted by Gasteiger charge is 2.31. The zero-order valence-corrected chi connectivity index (χ0v) is 10.3. The summed E-state index contributed by atoms with van der Waals surface area (Å²) in [6, 6.07) is 0. The van der Waals surface area contributed by atoms with Gasteiger partial charge in [0.2, 0.25) is 10.0 Å². The van der Waals surface area contributed by atoms with Gasteiger partial charge in [-0.25, -0.2) is 12.7 Å². The molecule has 1 aliphatic heterocycles. The first kappa shape index (κ1) is 11.4. The molecule has 0 N–H and O–H groups in total. The first-order valence-electron chi connectivity index (χ1n) is 6.06. The van der Waals surface area contributed by atoms with Crippen LogP contribution in [-0.2, 0) is 10.0 Å². The van der Waals surface area contributed by atoms with Gasteiger partial charge in [-0.1, -0.05) is 19.8 Å². The van der Waals surface area contributed by atoms with Crippen molar-refractivity contribution in [3.8, 4) is 0 Å². The molecule has 2 aliphatic rings. The van der Waals surface area contributed by atoms with E-state index >= 15 is 0 Å². The third kappa shape index (κ3) is 2.72. The van der Waals surface area contributed by atoms with E-state index in [2.05, 4.69) is 6.92 Å². The van der Waals surface area contributed by atoms with Crippen LogP contribution in [0.25, 0.3) is 0 Å². The highest BCUT2D eigenvalue weighted by atomic mass is 32.2. The first-order valence-corrected chi connectivity index (χ1v) is 7.66. The molecule has 2 rings (SSSR count). The lowest BCUT2D eigenvalue weighted by Gasteiger charge is -2.29. The van der Waals surface area contributed by atoms with Crippen LogP contribution in [0.5, 0.6) is 0 Å². The van der Waals surface area contributed by atoms with Crippen LogP contribution in [0.4, 0.5) is 0 Å². The second-order valence-corrected chi connectivity index (χ2v) is 7.25. The Morgan fingerprint density at radius 2 is 2.07 bits per heavy atom. The third-order valence-corrected chi connectivity index (χ3v) is 5.63. The minimum atomic E-state index is -2.87. The summed E-state index contributed by atoms with van der Waals surface area (Å²) in [5.74, 6) is 1.77. The molecule has 88 valence electrons. The zero-order chi connectivity index (χ0) is 10.9. The van der Waals surface area contributed by atoms with Crippen molar-refractivity contribution in [2.45, 2.75) is 39.0 Å². The van der Waals surface area contributed by atoms with Crippen molar-refractivity contribution in [1.82, 2.24) is 4.31 Å². The topological polar surface area (TPSA) is 37.4 Å². The fourth-order valence-electron chi connectivity index (χ4n) is 2.91. The van der Waals surface area contributed by atoms with E-state index in [4.69, 9.17) is 0 Å². The Morgan fingerprint density at radius 3 is 2.67 bits per heavy atom. The Morgan fingerprint density at radius 1 is 1.27 bits per heavy atom. The van der Waals surface area contributed by atoms with Crippen molar-refractivity contribution in [3.63, 3.8) is 0 Å². The highest BCUT2D eigenvalue weighted by Crippen LogP contribution is 2.30. The van der Waals surface area contributed by atoms with Crippen molar-refractivity contribution >= 4 is 10.0 Å². The van der Waals surface area contributed by atoms with Gasteiger partial charge in [-0.15, -0.1) is 0 Å². The van der Waals surface area contributed by atoms with Crippen LogP contribution in [-0.4, -0.2) is 31.6 Å². The van der Waals surface area contributed by atoms with Gasteiger partial charge in [-0.05, 0) is 31.1 Å². The Kier molecular flexibility index (Phi) is 3.36. The van der Waals surface area contributed by atoms with Crippen molar-refractivity contribution in [2.75, 3.05) is 18.8 Å². The predicted molar refractivity (Wildman–Crippen MR) is 61.1 cm³/mol. The molecule has 15 heavy (non-hydrogen) atoms. The number of sulfonamides is 1. The Hall–Kier alpha value is -0.0900. The van der Waals surface area contributed by atoms with Gasteiger partial charge in [0.1, 0.15) is 0 Å². The SMILES string of the molecule is CC1CCCC(CN2CCCS2(=O)=O)C1. The summed E-state index contributed by atoms with van der Waals surface area (Å²) in [5.41, 5.74) is 0. The van der Waals surface area contributed by atoms with Crippen LogP contribution in [0.3, 0.4) is 0 Å². The quantitative estimate of drug-likeness (QED) is 0.727. The maximum absolute atomic E-state index is 11.6. The summed E-state index contributed by atoms with van der Waals surface area (Å²) in [6.45, 7) is 3.82. The molecule has 1 saturated carbocycles. The van der Waals surface area contributed by atoms with Crippen LogP contribution in [0, 0.1) is 11.8 Å². The molecule has 4 heteroatoms. The molecule has 1 heterocycles.